The van der Waals surface area contributed by atoms with Gasteiger partial charge < -0.3 is 10.1 Å². The molecule has 4 atom stereocenters. The van der Waals surface area contributed by atoms with Crippen molar-refractivity contribution in [1.29, 1.82) is 0 Å². The normalized spacial score (nSPS) is 35.4. The van der Waals surface area contributed by atoms with Crippen molar-refractivity contribution in [2.75, 3.05) is 11.9 Å². The number of alkyl halides is 1. The van der Waals surface area contributed by atoms with Crippen LogP contribution in [0.25, 0.3) is 0 Å². The predicted octanol–water partition coefficient (Wildman–Crippen LogP) is 3.89. The maximum atomic E-state index is 12.9. The first-order valence-corrected chi connectivity index (χ1v) is 9.15. The number of benzene rings is 1. The molecular weight excluding hydrogens is 345 g/mol. The van der Waals surface area contributed by atoms with Crippen LogP contribution in [-0.2, 0) is 14.3 Å². The Morgan fingerprint density at radius 3 is 2.40 bits per heavy atom. The second kappa shape index (κ2) is 5.97. The van der Waals surface area contributed by atoms with Gasteiger partial charge in [0, 0.05) is 10.6 Å². The fraction of sp³-hybridized carbons (Fsp3) is 0.579. The molecule has 4 aliphatic carbocycles. The second-order valence-corrected chi connectivity index (χ2v) is 8.83. The molecule has 6 heteroatoms. The molecule has 4 saturated carbocycles. The van der Waals surface area contributed by atoms with Gasteiger partial charge in [-0.3, -0.25) is 9.59 Å². The van der Waals surface area contributed by atoms with Crippen molar-refractivity contribution in [3.05, 3.63) is 30.1 Å². The predicted molar refractivity (Wildman–Crippen MR) is 91.7 cm³/mol. The van der Waals surface area contributed by atoms with E-state index in [1.807, 2.05) is 0 Å². The van der Waals surface area contributed by atoms with E-state index in [0.29, 0.717) is 23.9 Å². The number of rotatable bonds is 4. The standard InChI is InChI=1S/C19H21ClFNO3/c20-19-8-12-5-13(9-19)7-18(6-12,11-19)17(24)25-10-16(23)22-15-3-1-14(21)2-4-15/h1-4,12-13H,5-11H2,(H,22,23)/t12-,13+,18?,19?. The van der Waals surface area contributed by atoms with Crippen LogP contribution >= 0.6 is 11.6 Å². The minimum Gasteiger partial charge on any atom is -0.455 e. The van der Waals surface area contributed by atoms with Crippen molar-refractivity contribution >= 4 is 29.2 Å². The Morgan fingerprint density at radius 1 is 1.16 bits per heavy atom. The number of hydrogen-bond acceptors (Lipinski definition) is 3. The first-order chi connectivity index (χ1) is 11.9. The van der Waals surface area contributed by atoms with E-state index in [9.17, 15) is 14.0 Å². The van der Waals surface area contributed by atoms with Gasteiger partial charge in [0.2, 0.25) is 0 Å². The first-order valence-electron chi connectivity index (χ1n) is 8.77. The SMILES string of the molecule is O=C(COC(=O)C12C[C@@H]3C[C@@H](CC(Cl)(C3)C1)C2)Nc1ccc(F)cc1. The zero-order valence-electron chi connectivity index (χ0n) is 13.9. The van der Waals surface area contributed by atoms with Crippen LogP contribution in [-0.4, -0.2) is 23.4 Å². The lowest BCUT2D eigenvalue weighted by Gasteiger charge is -2.58. The average Bonchev–Trinajstić information content (AvgIpc) is 2.52. The molecule has 4 bridgehead atoms. The van der Waals surface area contributed by atoms with Gasteiger partial charge in [0.15, 0.2) is 6.61 Å². The lowest BCUT2D eigenvalue weighted by atomic mass is 9.49. The molecule has 0 aliphatic heterocycles. The van der Waals surface area contributed by atoms with Gasteiger partial charge in [-0.2, -0.15) is 0 Å². The quantitative estimate of drug-likeness (QED) is 0.650. The summed E-state index contributed by atoms with van der Waals surface area (Å²) in [6, 6.07) is 5.45. The highest BCUT2D eigenvalue weighted by atomic mass is 35.5. The van der Waals surface area contributed by atoms with Crippen molar-refractivity contribution in [2.45, 2.75) is 43.4 Å². The molecule has 1 aromatic rings. The van der Waals surface area contributed by atoms with Crippen LogP contribution in [0.1, 0.15) is 38.5 Å². The fourth-order valence-corrected chi connectivity index (χ4v) is 6.10. The molecule has 0 aromatic heterocycles. The summed E-state index contributed by atoms with van der Waals surface area (Å²) in [5, 5.41) is 2.60. The van der Waals surface area contributed by atoms with Crippen LogP contribution in [0.3, 0.4) is 0 Å². The van der Waals surface area contributed by atoms with Gasteiger partial charge in [0.1, 0.15) is 5.82 Å². The van der Waals surface area contributed by atoms with Gasteiger partial charge in [-0.15, -0.1) is 11.6 Å². The number of esters is 1. The van der Waals surface area contributed by atoms with Gasteiger partial charge >= 0.3 is 5.97 Å². The molecule has 0 saturated heterocycles. The Labute approximate surface area is 151 Å². The Kier molecular flexibility index (Phi) is 4.02. The van der Waals surface area contributed by atoms with Crippen molar-refractivity contribution in [3.63, 3.8) is 0 Å². The van der Waals surface area contributed by atoms with Crippen LogP contribution < -0.4 is 5.32 Å². The summed E-state index contributed by atoms with van der Waals surface area (Å²) in [4.78, 5) is 24.4. The molecule has 25 heavy (non-hydrogen) atoms. The van der Waals surface area contributed by atoms with Gasteiger partial charge in [-0.05, 0) is 74.6 Å². The van der Waals surface area contributed by atoms with Crippen LogP contribution in [0.15, 0.2) is 24.3 Å². The summed E-state index contributed by atoms with van der Waals surface area (Å²) in [6.45, 7) is -0.331. The molecule has 0 heterocycles. The molecule has 1 amide bonds. The molecule has 0 radical (unpaired) electrons. The molecule has 134 valence electrons. The minimum atomic E-state index is -0.512. The molecule has 0 spiro atoms. The van der Waals surface area contributed by atoms with E-state index in [1.165, 1.54) is 24.3 Å². The van der Waals surface area contributed by atoms with Crippen LogP contribution in [0.2, 0.25) is 0 Å². The molecule has 4 aliphatic rings. The number of amides is 1. The van der Waals surface area contributed by atoms with Gasteiger partial charge in [0.05, 0.1) is 5.41 Å². The molecule has 4 fully saturated rings. The number of anilines is 1. The maximum absolute atomic E-state index is 12.9. The molecule has 4 nitrogen and oxygen atoms in total. The smallest absolute Gasteiger partial charge is 0.312 e. The first kappa shape index (κ1) is 16.8. The highest BCUT2D eigenvalue weighted by Crippen LogP contribution is 2.64. The topological polar surface area (TPSA) is 55.4 Å². The number of ether oxygens (including phenoxy) is 1. The van der Waals surface area contributed by atoms with E-state index in [-0.39, 0.29) is 23.3 Å². The maximum Gasteiger partial charge on any atom is 0.312 e. The summed E-state index contributed by atoms with van der Waals surface area (Å²) < 4.78 is 18.2. The van der Waals surface area contributed by atoms with E-state index in [1.54, 1.807) is 0 Å². The molecule has 1 N–H and O–H groups in total. The minimum absolute atomic E-state index is 0.264. The molecular formula is C19H21ClFNO3. The monoisotopic (exact) mass is 365 g/mol. The second-order valence-electron chi connectivity index (χ2n) is 8.02. The van der Waals surface area contributed by atoms with Crippen LogP contribution in [0, 0.1) is 23.1 Å². The number of nitrogens with one attached hydrogen (secondary N) is 1. The van der Waals surface area contributed by atoms with E-state index >= 15 is 0 Å². The van der Waals surface area contributed by atoms with Gasteiger partial charge in [-0.1, -0.05) is 0 Å². The Hall–Kier alpha value is -1.62. The Morgan fingerprint density at radius 2 is 1.80 bits per heavy atom. The highest BCUT2D eigenvalue weighted by molar-refractivity contribution is 6.24. The Bertz CT molecular complexity index is 691. The molecule has 5 rings (SSSR count). The third kappa shape index (κ3) is 3.26. The van der Waals surface area contributed by atoms with E-state index < -0.39 is 11.3 Å². The number of carbonyl (C=O) groups excluding carboxylic acids is 2. The van der Waals surface area contributed by atoms with E-state index in [4.69, 9.17) is 16.3 Å². The van der Waals surface area contributed by atoms with E-state index in [0.717, 1.165) is 32.1 Å². The van der Waals surface area contributed by atoms with Gasteiger partial charge in [-0.25, -0.2) is 4.39 Å². The van der Waals surface area contributed by atoms with Crippen molar-refractivity contribution < 1.29 is 18.7 Å². The van der Waals surface area contributed by atoms with Crippen molar-refractivity contribution in [3.8, 4) is 0 Å². The number of halogens is 2. The third-order valence-corrected chi connectivity index (χ3v) is 6.33. The number of carbonyl (C=O) groups is 2. The fourth-order valence-electron chi connectivity index (χ4n) is 5.40. The average molecular weight is 366 g/mol. The highest BCUT2D eigenvalue weighted by Gasteiger charge is 2.60. The van der Waals surface area contributed by atoms with Gasteiger partial charge in [0.25, 0.3) is 5.91 Å². The zero-order chi connectivity index (χ0) is 17.7. The molecule has 2 unspecified atom stereocenters. The van der Waals surface area contributed by atoms with E-state index in [2.05, 4.69) is 5.32 Å². The van der Waals surface area contributed by atoms with Crippen molar-refractivity contribution in [1.82, 2.24) is 0 Å². The largest absolute Gasteiger partial charge is 0.455 e. The summed E-state index contributed by atoms with van der Waals surface area (Å²) in [7, 11) is 0. The van der Waals surface area contributed by atoms with Crippen LogP contribution in [0.5, 0.6) is 0 Å². The third-order valence-electron chi connectivity index (χ3n) is 5.89. The summed E-state index contributed by atoms with van der Waals surface area (Å²) in [5.74, 6) is -0.0916. The zero-order valence-corrected chi connectivity index (χ0v) is 14.7. The molecule has 1 aromatic carbocycles. The lowest BCUT2D eigenvalue weighted by Crippen LogP contribution is -2.56. The summed E-state index contributed by atoms with van der Waals surface area (Å²) >= 11 is 6.73. The Balaban J connectivity index is 1.36. The number of hydrogen-bond donors (Lipinski definition) is 1. The lowest BCUT2D eigenvalue weighted by molar-refractivity contribution is -0.171. The van der Waals surface area contributed by atoms with Crippen LogP contribution in [0.4, 0.5) is 10.1 Å². The summed E-state index contributed by atoms with van der Waals surface area (Å²) in [6.07, 6.45) is 5.46. The summed E-state index contributed by atoms with van der Waals surface area (Å²) in [5.41, 5.74) is -0.0425. The van der Waals surface area contributed by atoms with Crippen molar-refractivity contribution in [2.24, 2.45) is 17.3 Å².